The molecule has 1 unspecified atom stereocenters. The number of fused-ring (bicyclic) bond motifs is 1. The minimum Gasteiger partial charge on any atom is -0.496 e. The highest BCUT2D eigenvalue weighted by Crippen LogP contribution is 2.37. The van der Waals surface area contributed by atoms with Crippen molar-refractivity contribution in [2.45, 2.75) is 39.5 Å². The number of hydrogen-bond acceptors (Lipinski definition) is 4. The molecule has 1 N–H and O–H groups in total. The van der Waals surface area contributed by atoms with Crippen molar-refractivity contribution in [1.82, 2.24) is 5.32 Å². The van der Waals surface area contributed by atoms with Gasteiger partial charge in [-0.05, 0) is 24.5 Å². The molecule has 0 aromatic heterocycles. The zero-order valence-electron chi connectivity index (χ0n) is 16.6. The van der Waals surface area contributed by atoms with Gasteiger partial charge in [0.2, 0.25) is 0 Å². The fourth-order valence-corrected chi connectivity index (χ4v) is 3.36. The van der Waals surface area contributed by atoms with Gasteiger partial charge >= 0.3 is 0 Å². The second-order valence-corrected chi connectivity index (χ2v) is 6.67. The van der Waals surface area contributed by atoms with E-state index < -0.39 is 0 Å². The number of hydrogen-bond donors (Lipinski definition) is 1. The summed E-state index contributed by atoms with van der Waals surface area (Å²) in [6, 6.07) is 7.03. The van der Waals surface area contributed by atoms with Crippen molar-refractivity contribution in [3.8, 4) is 11.5 Å². The molecule has 2 aromatic carbocycles. The van der Waals surface area contributed by atoms with E-state index >= 15 is 0 Å². The molecule has 27 heavy (non-hydrogen) atoms. The van der Waals surface area contributed by atoms with E-state index in [1.807, 2.05) is 0 Å². The molecule has 1 amide bonds. The maximum absolute atomic E-state index is 12.8. The molecule has 0 radical (unpaired) electrons. The van der Waals surface area contributed by atoms with Gasteiger partial charge in [0.25, 0.3) is 5.91 Å². The summed E-state index contributed by atoms with van der Waals surface area (Å²) in [4.78, 5) is 24.6. The molecule has 0 aliphatic heterocycles. The summed E-state index contributed by atoms with van der Waals surface area (Å²) in [5.74, 6) is 1.30. The molecule has 5 heteroatoms. The van der Waals surface area contributed by atoms with E-state index in [1.54, 1.807) is 38.5 Å². The van der Waals surface area contributed by atoms with Crippen LogP contribution in [0, 0.1) is 5.92 Å². The van der Waals surface area contributed by atoms with Crippen molar-refractivity contribution >= 4 is 23.0 Å². The molecule has 0 fully saturated rings. The molecule has 1 atom stereocenters. The van der Waals surface area contributed by atoms with E-state index in [9.17, 15) is 9.59 Å². The standard InChI is InChI=1S/C22H29NO4/c1-5-7-9-15(6-2)13-23-22(25)17-12-20(27-4)21-16(18(17)14-24)10-8-11-19(21)26-3/h8,10-12,14-15H,5-7,9,13H2,1-4H3,(H,23,25). The van der Waals surface area contributed by atoms with Crippen LogP contribution in [0.1, 0.15) is 60.2 Å². The van der Waals surface area contributed by atoms with Crippen molar-refractivity contribution in [1.29, 1.82) is 0 Å². The van der Waals surface area contributed by atoms with Crippen LogP contribution in [-0.2, 0) is 0 Å². The number of methoxy groups -OCH3 is 2. The third-order valence-electron chi connectivity index (χ3n) is 5.03. The maximum atomic E-state index is 12.8. The number of aldehydes is 1. The highest BCUT2D eigenvalue weighted by atomic mass is 16.5. The van der Waals surface area contributed by atoms with Gasteiger partial charge in [0, 0.05) is 17.5 Å². The van der Waals surface area contributed by atoms with Crippen molar-refractivity contribution < 1.29 is 19.1 Å². The average Bonchev–Trinajstić information content (AvgIpc) is 2.71. The lowest BCUT2D eigenvalue weighted by atomic mass is 9.96. The van der Waals surface area contributed by atoms with E-state index in [4.69, 9.17) is 9.47 Å². The first-order valence-electron chi connectivity index (χ1n) is 9.52. The summed E-state index contributed by atoms with van der Waals surface area (Å²) in [7, 11) is 3.11. The Morgan fingerprint density at radius 1 is 1.19 bits per heavy atom. The van der Waals surface area contributed by atoms with Crippen LogP contribution in [0.2, 0.25) is 0 Å². The molecule has 0 spiro atoms. The van der Waals surface area contributed by atoms with Gasteiger partial charge in [-0.3, -0.25) is 9.59 Å². The van der Waals surface area contributed by atoms with Crippen LogP contribution >= 0.6 is 0 Å². The zero-order valence-corrected chi connectivity index (χ0v) is 16.6. The van der Waals surface area contributed by atoms with Gasteiger partial charge in [-0.1, -0.05) is 45.2 Å². The summed E-state index contributed by atoms with van der Waals surface area (Å²) in [5.41, 5.74) is 0.678. The Bertz CT molecular complexity index is 800. The molecular weight excluding hydrogens is 342 g/mol. The lowest BCUT2D eigenvalue weighted by molar-refractivity contribution is 0.0940. The normalized spacial score (nSPS) is 11.9. The second-order valence-electron chi connectivity index (χ2n) is 6.67. The third-order valence-corrected chi connectivity index (χ3v) is 5.03. The highest BCUT2D eigenvalue weighted by Gasteiger charge is 2.20. The number of ether oxygens (including phenoxy) is 2. The zero-order chi connectivity index (χ0) is 19.8. The minimum absolute atomic E-state index is 0.255. The van der Waals surface area contributed by atoms with Gasteiger partial charge in [-0.25, -0.2) is 0 Å². The van der Waals surface area contributed by atoms with Crippen LogP contribution in [0.4, 0.5) is 0 Å². The Morgan fingerprint density at radius 3 is 2.52 bits per heavy atom. The Kier molecular flexibility index (Phi) is 7.65. The molecule has 0 aliphatic carbocycles. The molecular formula is C22H29NO4. The molecule has 146 valence electrons. The monoisotopic (exact) mass is 371 g/mol. The number of amides is 1. The Morgan fingerprint density at radius 2 is 1.93 bits per heavy atom. The minimum atomic E-state index is -0.255. The number of nitrogens with one attached hydrogen (secondary N) is 1. The molecule has 0 saturated heterocycles. The van der Waals surface area contributed by atoms with Crippen molar-refractivity contribution in [2.75, 3.05) is 20.8 Å². The first kappa shape index (κ1) is 20.7. The number of carbonyl (C=O) groups is 2. The second kappa shape index (κ2) is 9.95. The first-order chi connectivity index (χ1) is 13.1. The maximum Gasteiger partial charge on any atom is 0.252 e. The van der Waals surface area contributed by atoms with E-state index in [2.05, 4.69) is 19.2 Å². The average molecular weight is 371 g/mol. The van der Waals surface area contributed by atoms with Crippen LogP contribution in [0.15, 0.2) is 24.3 Å². The van der Waals surface area contributed by atoms with E-state index in [1.165, 1.54) is 0 Å². The number of carbonyl (C=O) groups excluding carboxylic acids is 2. The summed E-state index contributed by atoms with van der Waals surface area (Å²) < 4.78 is 10.9. The smallest absolute Gasteiger partial charge is 0.252 e. The van der Waals surface area contributed by atoms with Crippen molar-refractivity contribution in [3.63, 3.8) is 0 Å². The predicted molar refractivity (Wildman–Crippen MR) is 108 cm³/mol. The van der Waals surface area contributed by atoms with Gasteiger partial charge in [0.15, 0.2) is 6.29 Å². The lowest BCUT2D eigenvalue weighted by Gasteiger charge is -2.17. The van der Waals surface area contributed by atoms with Gasteiger partial charge < -0.3 is 14.8 Å². The van der Waals surface area contributed by atoms with Crippen LogP contribution in [0.3, 0.4) is 0 Å². The molecule has 0 bridgehead atoms. The fraction of sp³-hybridized carbons (Fsp3) is 0.455. The topological polar surface area (TPSA) is 64.6 Å². The molecule has 5 nitrogen and oxygen atoms in total. The molecule has 0 aliphatic rings. The number of benzene rings is 2. The molecule has 0 saturated carbocycles. The van der Waals surface area contributed by atoms with Gasteiger partial charge in [0.05, 0.1) is 25.2 Å². The molecule has 2 aromatic rings. The highest BCUT2D eigenvalue weighted by molar-refractivity contribution is 6.13. The third kappa shape index (κ3) is 4.59. The van der Waals surface area contributed by atoms with E-state index in [0.717, 1.165) is 32.0 Å². The predicted octanol–water partition coefficient (Wildman–Crippen LogP) is 4.62. The number of rotatable bonds is 10. The van der Waals surface area contributed by atoms with Crippen molar-refractivity contribution in [3.05, 3.63) is 35.4 Å². The van der Waals surface area contributed by atoms with Gasteiger partial charge in [-0.15, -0.1) is 0 Å². The van der Waals surface area contributed by atoms with E-state index in [-0.39, 0.29) is 5.91 Å². The van der Waals surface area contributed by atoms with Crippen LogP contribution in [-0.4, -0.2) is 33.0 Å². The molecule has 2 rings (SSSR count). The van der Waals surface area contributed by atoms with Gasteiger partial charge in [0.1, 0.15) is 11.5 Å². The fourth-order valence-electron chi connectivity index (χ4n) is 3.36. The molecule has 0 heterocycles. The SMILES string of the molecule is CCCCC(CC)CNC(=O)c1cc(OC)c2c(OC)cccc2c1C=O. The first-order valence-corrected chi connectivity index (χ1v) is 9.52. The largest absolute Gasteiger partial charge is 0.496 e. The van der Waals surface area contributed by atoms with E-state index in [0.29, 0.717) is 45.9 Å². The van der Waals surface area contributed by atoms with Crippen molar-refractivity contribution in [2.24, 2.45) is 5.92 Å². The van der Waals surface area contributed by atoms with Crippen LogP contribution in [0.25, 0.3) is 10.8 Å². The summed E-state index contributed by atoms with van der Waals surface area (Å²) in [6.45, 7) is 4.90. The summed E-state index contributed by atoms with van der Waals surface area (Å²) in [6.07, 6.45) is 5.12. The Labute approximate surface area is 161 Å². The summed E-state index contributed by atoms with van der Waals surface area (Å²) >= 11 is 0. The Balaban J connectivity index is 2.40. The Hall–Kier alpha value is -2.56. The van der Waals surface area contributed by atoms with Gasteiger partial charge in [-0.2, -0.15) is 0 Å². The van der Waals surface area contributed by atoms with Crippen LogP contribution in [0.5, 0.6) is 11.5 Å². The quantitative estimate of drug-likeness (QED) is 0.619. The van der Waals surface area contributed by atoms with Crippen LogP contribution < -0.4 is 14.8 Å². The number of unbranched alkanes of at least 4 members (excludes halogenated alkanes) is 1. The lowest BCUT2D eigenvalue weighted by Crippen LogP contribution is -2.30. The summed E-state index contributed by atoms with van der Waals surface area (Å²) in [5, 5.41) is 4.33.